The number of hydrogen-bond acceptors (Lipinski definition) is 1. The lowest BCUT2D eigenvalue weighted by molar-refractivity contribution is 0.410. The molecule has 0 bridgehead atoms. The Hall–Kier alpha value is -0.280. The van der Waals surface area contributed by atoms with Crippen LogP contribution in [0, 0.1) is 0 Å². The van der Waals surface area contributed by atoms with Crippen molar-refractivity contribution in [2.24, 2.45) is 0 Å². The third-order valence-electron chi connectivity index (χ3n) is 1.72. The van der Waals surface area contributed by atoms with E-state index in [0.29, 0.717) is 0 Å². The maximum Gasteiger partial charge on any atom is 0.127 e. The molecule has 13 heavy (non-hydrogen) atoms. The maximum absolute atomic E-state index is 5.23. The first-order valence-corrected chi connectivity index (χ1v) is 5.35. The van der Waals surface area contributed by atoms with Crippen molar-refractivity contribution < 1.29 is 4.74 Å². The lowest BCUT2D eigenvalue weighted by atomic mass is 10.1. The highest BCUT2D eigenvalue weighted by Gasteiger charge is 2.24. The van der Waals surface area contributed by atoms with Crippen LogP contribution in [0.4, 0.5) is 0 Å². The minimum atomic E-state index is -0.410. The number of alkyl halides is 2. The lowest BCUT2D eigenvalue weighted by Gasteiger charge is -2.18. The molecule has 0 fully saturated rings. The van der Waals surface area contributed by atoms with Gasteiger partial charge in [-0.25, -0.2) is 0 Å². The van der Waals surface area contributed by atoms with Gasteiger partial charge >= 0.3 is 0 Å². The fourth-order valence-electron chi connectivity index (χ4n) is 1.03. The van der Waals surface area contributed by atoms with Gasteiger partial charge in [0.05, 0.1) is 7.11 Å². The Morgan fingerprint density at radius 2 is 2.00 bits per heavy atom. The average molecular weight is 306 g/mol. The molecule has 0 atom stereocenters. The van der Waals surface area contributed by atoms with Gasteiger partial charge < -0.3 is 4.74 Å². The van der Waals surface area contributed by atoms with Crippen LogP contribution in [0.3, 0.4) is 0 Å². The molecule has 0 unspecified atom stereocenters. The Labute approximate surface area is 95.1 Å². The van der Waals surface area contributed by atoms with E-state index in [1.54, 1.807) is 13.2 Å². The van der Waals surface area contributed by atoms with Crippen molar-refractivity contribution in [1.29, 1.82) is 0 Å². The zero-order chi connectivity index (χ0) is 9.90. The van der Waals surface area contributed by atoms with Gasteiger partial charge in [-0.15, -0.1) is 6.58 Å². The van der Waals surface area contributed by atoms with Crippen LogP contribution in [0.15, 0.2) is 36.9 Å². The monoisotopic (exact) mass is 304 g/mol. The summed E-state index contributed by atoms with van der Waals surface area (Å²) in [6, 6.07) is 7.78. The summed E-state index contributed by atoms with van der Waals surface area (Å²) in [4.78, 5) is 0. The van der Waals surface area contributed by atoms with Crippen LogP contribution >= 0.6 is 31.9 Å². The zero-order valence-corrected chi connectivity index (χ0v) is 10.4. The van der Waals surface area contributed by atoms with Gasteiger partial charge in [-0.3, -0.25) is 0 Å². The fraction of sp³-hybridized carbons (Fsp3) is 0.200. The largest absolute Gasteiger partial charge is 0.496 e. The van der Waals surface area contributed by atoms with Crippen LogP contribution in [0.25, 0.3) is 0 Å². The summed E-state index contributed by atoms with van der Waals surface area (Å²) >= 11 is 7.00. The van der Waals surface area contributed by atoms with Crippen LogP contribution in [0.2, 0.25) is 0 Å². The molecule has 0 saturated heterocycles. The standard InChI is InChI=1S/C10H10Br2O/c1-3-10(11,12)8-6-4-5-7-9(8)13-2/h3-7H,1H2,2H3. The summed E-state index contributed by atoms with van der Waals surface area (Å²) in [7, 11) is 1.65. The summed E-state index contributed by atoms with van der Waals surface area (Å²) in [6.07, 6.45) is 1.77. The average Bonchev–Trinajstić information content (AvgIpc) is 2.18. The molecule has 0 amide bonds. The summed E-state index contributed by atoms with van der Waals surface area (Å²) in [6.45, 7) is 3.73. The van der Waals surface area contributed by atoms with Crippen LogP contribution in [0.1, 0.15) is 5.56 Å². The second kappa shape index (κ2) is 4.29. The minimum Gasteiger partial charge on any atom is -0.496 e. The van der Waals surface area contributed by atoms with Gasteiger partial charge in [0.25, 0.3) is 0 Å². The number of rotatable bonds is 3. The number of allylic oxidation sites excluding steroid dienone is 1. The summed E-state index contributed by atoms with van der Waals surface area (Å²) in [5.74, 6) is 0.830. The van der Waals surface area contributed by atoms with Crippen LogP contribution in [-0.4, -0.2) is 7.11 Å². The minimum absolute atomic E-state index is 0.410. The normalized spacial score (nSPS) is 11.0. The maximum atomic E-state index is 5.23. The second-order valence-electron chi connectivity index (χ2n) is 2.53. The van der Waals surface area contributed by atoms with E-state index in [-0.39, 0.29) is 0 Å². The lowest BCUT2D eigenvalue weighted by Crippen LogP contribution is -2.06. The van der Waals surface area contributed by atoms with E-state index in [9.17, 15) is 0 Å². The highest BCUT2D eigenvalue weighted by molar-refractivity contribution is 9.25. The summed E-state index contributed by atoms with van der Waals surface area (Å²) < 4.78 is 4.82. The SMILES string of the molecule is C=CC(Br)(Br)c1ccccc1OC. The van der Waals surface area contributed by atoms with E-state index < -0.39 is 3.23 Å². The Morgan fingerprint density at radius 3 is 2.54 bits per heavy atom. The summed E-state index contributed by atoms with van der Waals surface area (Å²) in [5, 5.41) is 0. The predicted octanol–water partition coefficient (Wildman–Crippen LogP) is 3.82. The topological polar surface area (TPSA) is 9.23 Å². The van der Waals surface area contributed by atoms with Crippen molar-refractivity contribution in [3.63, 3.8) is 0 Å². The Morgan fingerprint density at radius 1 is 1.38 bits per heavy atom. The highest BCUT2D eigenvalue weighted by atomic mass is 79.9. The fourth-order valence-corrected chi connectivity index (χ4v) is 1.69. The number of methoxy groups -OCH3 is 1. The molecular weight excluding hydrogens is 296 g/mol. The van der Waals surface area contributed by atoms with E-state index in [1.807, 2.05) is 24.3 Å². The second-order valence-corrected chi connectivity index (χ2v) is 6.09. The van der Waals surface area contributed by atoms with Crippen molar-refractivity contribution in [3.05, 3.63) is 42.5 Å². The van der Waals surface area contributed by atoms with E-state index in [2.05, 4.69) is 38.4 Å². The number of para-hydroxylation sites is 1. The van der Waals surface area contributed by atoms with Gasteiger partial charge in [-0.05, 0) is 6.07 Å². The van der Waals surface area contributed by atoms with E-state index in [4.69, 9.17) is 4.74 Å². The van der Waals surface area contributed by atoms with Gasteiger partial charge in [-0.2, -0.15) is 0 Å². The molecule has 1 rings (SSSR count). The first kappa shape index (κ1) is 10.8. The molecule has 3 heteroatoms. The van der Waals surface area contributed by atoms with Crippen LogP contribution < -0.4 is 4.74 Å². The quantitative estimate of drug-likeness (QED) is 0.609. The van der Waals surface area contributed by atoms with Crippen LogP contribution in [-0.2, 0) is 3.23 Å². The first-order chi connectivity index (χ1) is 6.11. The van der Waals surface area contributed by atoms with Gasteiger partial charge in [0.2, 0.25) is 0 Å². The van der Waals surface area contributed by atoms with Gasteiger partial charge in [0, 0.05) is 5.56 Å². The Balaban J connectivity index is 3.20. The molecule has 0 heterocycles. The molecule has 0 aliphatic carbocycles. The molecule has 0 saturated carbocycles. The highest BCUT2D eigenvalue weighted by Crippen LogP contribution is 2.43. The molecule has 70 valence electrons. The van der Waals surface area contributed by atoms with Crippen molar-refractivity contribution >= 4 is 31.9 Å². The molecule has 0 spiro atoms. The van der Waals surface area contributed by atoms with Crippen molar-refractivity contribution in [2.75, 3.05) is 7.11 Å². The molecule has 0 aliphatic heterocycles. The van der Waals surface area contributed by atoms with Crippen molar-refractivity contribution in [2.45, 2.75) is 3.23 Å². The number of hydrogen-bond donors (Lipinski definition) is 0. The molecule has 1 aromatic rings. The Kier molecular flexibility index (Phi) is 3.56. The molecule has 0 N–H and O–H groups in total. The number of halogens is 2. The number of benzene rings is 1. The molecule has 0 aliphatic rings. The van der Waals surface area contributed by atoms with Gasteiger partial charge in [0.1, 0.15) is 8.98 Å². The molecule has 1 aromatic carbocycles. The molecule has 0 aromatic heterocycles. The third kappa shape index (κ3) is 2.35. The Bertz CT molecular complexity index is 308. The molecule has 1 nitrogen and oxygen atoms in total. The smallest absolute Gasteiger partial charge is 0.127 e. The van der Waals surface area contributed by atoms with E-state index in [0.717, 1.165) is 11.3 Å². The molecular formula is C10H10Br2O. The van der Waals surface area contributed by atoms with Crippen molar-refractivity contribution in [1.82, 2.24) is 0 Å². The van der Waals surface area contributed by atoms with Crippen molar-refractivity contribution in [3.8, 4) is 5.75 Å². The van der Waals surface area contributed by atoms with Gasteiger partial charge in [0.15, 0.2) is 0 Å². The predicted molar refractivity (Wildman–Crippen MR) is 62.7 cm³/mol. The van der Waals surface area contributed by atoms with Crippen LogP contribution in [0.5, 0.6) is 5.75 Å². The summed E-state index contributed by atoms with van der Waals surface area (Å²) in [5.41, 5.74) is 1.01. The van der Waals surface area contributed by atoms with E-state index in [1.165, 1.54) is 0 Å². The van der Waals surface area contributed by atoms with E-state index >= 15 is 0 Å². The number of ether oxygens (including phenoxy) is 1. The molecule has 0 radical (unpaired) electrons. The van der Waals surface area contributed by atoms with Gasteiger partial charge in [-0.1, -0.05) is 56.1 Å². The zero-order valence-electron chi connectivity index (χ0n) is 7.26. The third-order valence-corrected chi connectivity index (χ3v) is 3.22. The first-order valence-electron chi connectivity index (χ1n) is 3.76.